The van der Waals surface area contributed by atoms with Gasteiger partial charge in [-0.15, -0.1) is 0 Å². The number of nitrogens with two attached hydrogens (primary N) is 1. The number of aryl methyl sites for hydroxylation is 3. The number of hydrogen-bond donors (Lipinski definition) is 2. The second-order valence-electron chi connectivity index (χ2n) is 4.61. The first-order valence-corrected chi connectivity index (χ1v) is 7.91. The molecule has 21 heavy (non-hydrogen) atoms. The van der Waals surface area contributed by atoms with E-state index in [1.807, 2.05) is 0 Å². The summed E-state index contributed by atoms with van der Waals surface area (Å²) in [6.45, 7) is 5.24. The van der Waals surface area contributed by atoms with Crippen LogP contribution >= 0.6 is 0 Å². The van der Waals surface area contributed by atoms with Crippen LogP contribution < -0.4 is 10.5 Å². The first-order valence-electron chi connectivity index (χ1n) is 6.43. The number of nitrogens with one attached hydrogen (secondary N) is 1. The standard InChI is InChI=1S/C12H18N4O4S/c1-7-10(6-13)12(8(2)19-7)21(17,18)14-5-4-11-15-9(3)16-20-11/h14H,4-6,13H2,1-3H3. The summed E-state index contributed by atoms with van der Waals surface area (Å²) in [6.07, 6.45) is 0.313. The Morgan fingerprint density at radius 1 is 1.24 bits per heavy atom. The van der Waals surface area contributed by atoms with E-state index in [0.29, 0.717) is 35.2 Å². The largest absolute Gasteiger partial charge is 0.465 e. The molecule has 8 nitrogen and oxygen atoms in total. The zero-order valence-corrected chi connectivity index (χ0v) is 13.0. The number of nitrogens with zero attached hydrogens (tertiary/aromatic N) is 2. The lowest BCUT2D eigenvalue weighted by atomic mass is 10.2. The molecule has 116 valence electrons. The van der Waals surface area contributed by atoms with Crippen LogP contribution in [-0.2, 0) is 23.0 Å². The third-order valence-electron chi connectivity index (χ3n) is 3.00. The van der Waals surface area contributed by atoms with Crippen molar-refractivity contribution in [2.45, 2.75) is 38.6 Å². The van der Waals surface area contributed by atoms with Gasteiger partial charge in [0.1, 0.15) is 16.4 Å². The molecule has 0 spiro atoms. The summed E-state index contributed by atoms with van der Waals surface area (Å²) >= 11 is 0. The average Bonchev–Trinajstić information content (AvgIpc) is 2.92. The monoisotopic (exact) mass is 314 g/mol. The van der Waals surface area contributed by atoms with Crippen LogP contribution in [0.2, 0.25) is 0 Å². The molecule has 2 aromatic heterocycles. The summed E-state index contributed by atoms with van der Waals surface area (Å²) in [4.78, 5) is 4.12. The summed E-state index contributed by atoms with van der Waals surface area (Å²) in [5, 5.41) is 3.64. The van der Waals surface area contributed by atoms with Gasteiger partial charge in [-0.05, 0) is 20.8 Å². The molecular formula is C12H18N4O4S. The molecule has 0 aliphatic rings. The van der Waals surface area contributed by atoms with Crippen molar-refractivity contribution in [2.75, 3.05) is 6.54 Å². The predicted molar refractivity (Wildman–Crippen MR) is 74.0 cm³/mol. The van der Waals surface area contributed by atoms with E-state index in [1.54, 1.807) is 20.8 Å². The Bertz CT molecular complexity index is 733. The fourth-order valence-electron chi connectivity index (χ4n) is 2.10. The summed E-state index contributed by atoms with van der Waals surface area (Å²) in [7, 11) is -3.69. The molecule has 0 aliphatic carbocycles. The highest BCUT2D eigenvalue weighted by molar-refractivity contribution is 7.89. The normalized spacial score (nSPS) is 12.0. The Morgan fingerprint density at radius 3 is 2.52 bits per heavy atom. The van der Waals surface area contributed by atoms with Crippen LogP contribution in [0.5, 0.6) is 0 Å². The SMILES string of the molecule is Cc1noc(CCNS(=O)(=O)c2c(C)oc(C)c2CN)n1. The van der Waals surface area contributed by atoms with Gasteiger partial charge in [-0.1, -0.05) is 5.16 Å². The number of sulfonamides is 1. The van der Waals surface area contributed by atoms with Crippen molar-refractivity contribution in [3.63, 3.8) is 0 Å². The first kappa shape index (κ1) is 15.7. The average molecular weight is 314 g/mol. The lowest BCUT2D eigenvalue weighted by molar-refractivity contribution is 0.375. The molecule has 0 radical (unpaired) electrons. The minimum Gasteiger partial charge on any atom is -0.465 e. The molecular weight excluding hydrogens is 296 g/mol. The minimum atomic E-state index is -3.69. The Kier molecular flexibility index (Phi) is 4.45. The molecule has 3 N–H and O–H groups in total. The second-order valence-corrected chi connectivity index (χ2v) is 6.31. The summed E-state index contributed by atoms with van der Waals surface area (Å²) in [5.41, 5.74) is 6.09. The van der Waals surface area contributed by atoms with Crippen LogP contribution in [0.1, 0.15) is 28.8 Å². The van der Waals surface area contributed by atoms with E-state index in [0.717, 1.165) is 0 Å². The third-order valence-corrected chi connectivity index (χ3v) is 4.65. The van der Waals surface area contributed by atoms with Gasteiger partial charge in [0.05, 0.1) is 0 Å². The van der Waals surface area contributed by atoms with E-state index in [2.05, 4.69) is 14.9 Å². The van der Waals surface area contributed by atoms with Crippen LogP contribution in [-0.4, -0.2) is 25.1 Å². The highest BCUT2D eigenvalue weighted by Crippen LogP contribution is 2.25. The quantitative estimate of drug-likeness (QED) is 0.798. The van der Waals surface area contributed by atoms with Gasteiger partial charge in [-0.25, -0.2) is 13.1 Å². The van der Waals surface area contributed by atoms with Gasteiger partial charge in [0, 0.05) is 25.1 Å². The van der Waals surface area contributed by atoms with Crippen LogP contribution in [0.4, 0.5) is 0 Å². The Balaban J connectivity index is 2.12. The van der Waals surface area contributed by atoms with Crippen molar-refractivity contribution in [3.8, 4) is 0 Å². The highest BCUT2D eigenvalue weighted by Gasteiger charge is 2.25. The molecule has 0 amide bonds. The lowest BCUT2D eigenvalue weighted by Crippen LogP contribution is -2.27. The van der Waals surface area contributed by atoms with Crippen molar-refractivity contribution in [1.82, 2.24) is 14.9 Å². The zero-order valence-electron chi connectivity index (χ0n) is 12.1. The summed E-state index contributed by atoms with van der Waals surface area (Å²) < 4.78 is 37.5. The molecule has 2 rings (SSSR count). The van der Waals surface area contributed by atoms with Crippen molar-refractivity contribution >= 4 is 10.0 Å². The van der Waals surface area contributed by atoms with Gasteiger partial charge in [-0.2, -0.15) is 4.98 Å². The molecule has 9 heteroatoms. The van der Waals surface area contributed by atoms with Crippen molar-refractivity contribution in [3.05, 3.63) is 28.8 Å². The van der Waals surface area contributed by atoms with Crippen LogP contribution in [0.15, 0.2) is 13.8 Å². The number of furan rings is 1. The van der Waals surface area contributed by atoms with E-state index < -0.39 is 10.0 Å². The van der Waals surface area contributed by atoms with Gasteiger partial charge in [0.2, 0.25) is 15.9 Å². The maximum absolute atomic E-state index is 12.3. The molecule has 0 aromatic carbocycles. The molecule has 0 aliphatic heterocycles. The molecule has 0 fully saturated rings. The Labute approximate surface area is 122 Å². The molecule has 0 bridgehead atoms. The van der Waals surface area contributed by atoms with Crippen LogP contribution in [0.25, 0.3) is 0 Å². The number of hydrogen-bond acceptors (Lipinski definition) is 7. The second kappa shape index (κ2) is 5.96. The molecule has 0 atom stereocenters. The molecule has 2 aromatic rings. The van der Waals surface area contributed by atoms with Crippen molar-refractivity contribution < 1.29 is 17.4 Å². The Hall–Kier alpha value is -1.71. The molecule has 2 heterocycles. The smallest absolute Gasteiger partial charge is 0.244 e. The van der Waals surface area contributed by atoms with Crippen LogP contribution in [0.3, 0.4) is 0 Å². The highest BCUT2D eigenvalue weighted by atomic mass is 32.2. The first-order chi connectivity index (χ1) is 9.85. The van der Waals surface area contributed by atoms with Gasteiger partial charge in [0.15, 0.2) is 5.82 Å². The van der Waals surface area contributed by atoms with E-state index in [4.69, 9.17) is 14.7 Å². The molecule has 0 saturated heterocycles. The van der Waals surface area contributed by atoms with Gasteiger partial charge in [-0.3, -0.25) is 0 Å². The maximum Gasteiger partial charge on any atom is 0.244 e. The molecule has 0 unspecified atom stereocenters. The van der Waals surface area contributed by atoms with E-state index >= 15 is 0 Å². The number of rotatable bonds is 6. The van der Waals surface area contributed by atoms with Gasteiger partial charge < -0.3 is 14.7 Å². The summed E-state index contributed by atoms with van der Waals surface area (Å²) in [5.74, 6) is 1.74. The zero-order chi connectivity index (χ0) is 15.6. The topological polar surface area (TPSA) is 124 Å². The lowest BCUT2D eigenvalue weighted by Gasteiger charge is -2.06. The fraction of sp³-hybridized carbons (Fsp3) is 0.500. The van der Waals surface area contributed by atoms with E-state index in [1.165, 1.54) is 0 Å². The van der Waals surface area contributed by atoms with Crippen molar-refractivity contribution in [2.24, 2.45) is 5.73 Å². The third kappa shape index (κ3) is 3.31. The van der Waals surface area contributed by atoms with E-state index in [9.17, 15) is 8.42 Å². The van der Waals surface area contributed by atoms with E-state index in [-0.39, 0.29) is 18.0 Å². The number of aromatic nitrogens is 2. The minimum absolute atomic E-state index is 0.0995. The van der Waals surface area contributed by atoms with Gasteiger partial charge in [0.25, 0.3) is 0 Å². The maximum atomic E-state index is 12.3. The fourth-order valence-corrected chi connectivity index (χ4v) is 3.59. The predicted octanol–water partition coefficient (Wildman–Crippen LogP) is 0.568. The summed E-state index contributed by atoms with van der Waals surface area (Å²) in [6, 6.07) is 0. The molecule has 0 saturated carbocycles. The Morgan fingerprint density at radius 2 is 1.95 bits per heavy atom. The van der Waals surface area contributed by atoms with Crippen LogP contribution in [0, 0.1) is 20.8 Å². The van der Waals surface area contributed by atoms with Crippen molar-refractivity contribution in [1.29, 1.82) is 0 Å². The van der Waals surface area contributed by atoms with Gasteiger partial charge >= 0.3 is 0 Å².